The molecular weight excluding hydrogens is 290 g/mol. The quantitative estimate of drug-likeness (QED) is 0.860. The number of hydrogen-bond donors (Lipinski definition) is 2. The molecule has 23 heavy (non-hydrogen) atoms. The van der Waals surface area contributed by atoms with Crippen molar-refractivity contribution in [2.24, 2.45) is 5.92 Å². The van der Waals surface area contributed by atoms with Crippen LogP contribution >= 0.6 is 0 Å². The molecule has 2 amide bonds. The van der Waals surface area contributed by atoms with E-state index < -0.39 is 0 Å². The molecule has 0 unspecified atom stereocenters. The second-order valence-corrected chi connectivity index (χ2v) is 6.09. The van der Waals surface area contributed by atoms with Crippen LogP contribution in [0.5, 0.6) is 0 Å². The van der Waals surface area contributed by atoms with E-state index >= 15 is 0 Å². The molecule has 3 rings (SSSR count). The standard InChI is InChI=1S/C17H23N5O/c23-17(19-10-14-6-4-5-7-14)21-16(11-22-13-18-12-20-22)15-8-2-1-3-9-15/h1-3,8-9,12-14,16H,4-7,10-11H2,(H2,19,21,23)/t16-/m1/s1. The fraction of sp³-hybridized carbons (Fsp3) is 0.471. The maximum absolute atomic E-state index is 12.2. The van der Waals surface area contributed by atoms with E-state index in [9.17, 15) is 4.79 Å². The van der Waals surface area contributed by atoms with E-state index in [4.69, 9.17) is 0 Å². The minimum absolute atomic E-state index is 0.120. The van der Waals surface area contributed by atoms with E-state index in [0.29, 0.717) is 12.5 Å². The monoisotopic (exact) mass is 313 g/mol. The second kappa shape index (κ2) is 7.76. The molecule has 0 spiro atoms. The summed E-state index contributed by atoms with van der Waals surface area (Å²) >= 11 is 0. The van der Waals surface area contributed by atoms with Crippen molar-refractivity contribution in [2.45, 2.75) is 38.3 Å². The molecule has 122 valence electrons. The van der Waals surface area contributed by atoms with Crippen molar-refractivity contribution >= 4 is 6.03 Å². The summed E-state index contributed by atoms with van der Waals surface area (Å²) in [4.78, 5) is 16.2. The molecule has 1 heterocycles. The van der Waals surface area contributed by atoms with Crippen molar-refractivity contribution < 1.29 is 4.79 Å². The van der Waals surface area contributed by atoms with Crippen molar-refractivity contribution in [2.75, 3.05) is 6.54 Å². The van der Waals surface area contributed by atoms with Crippen LogP contribution in [0, 0.1) is 5.92 Å². The molecule has 0 bridgehead atoms. The van der Waals surface area contributed by atoms with Crippen molar-refractivity contribution in [1.82, 2.24) is 25.4 Å². The Morgan fingerprint density at radius 3 is 2.74 bits per heavy atom. The highest BCUT2D eigenvalue weighted by Crippen LogP contribution is 2.23. The summed E-state index contributed by atoms with van der Waals surface area (Å²) in [6.45, 7) is 1.32. The molecular formula is C17H23N5O. The molecule has 6 heteroatoms. The third-order valence-corrected chi connectivity index (χ3v) is 4.37. The predicted molar refractivity (Wildman–Crippen MR) is 87.7 cm³/mol. The third-order valence-electron chi connectivity index (χ3n) is 4.37. The summed E-state index contributed by atoms with van der Waals surface area (Å²) in [5.74, 6) is 0.631. The first-order valence-electron chi connectivity index (χ1n) is 8.23. The number of hydrogen-bond acceptors (Lipinski definition) is 3. The summed E-state index contributed by atoms with van der Waals surface area (Å²) in [5.41, 5.74) is 1.05. The number of carbonyl (C=O) groups excluding carboxylic acids is 1. The molecule has 1 fully saturated rings. The second-order valence-electron chi connectivity index (χ2n) is 6.09. The number of benzene rings is 1. The number of carbonyl (C=O) groups is 1. The largest absolute Gasteiger partial charge is 0.338 e. The first-order valence-corrected chi connectivity index (χ1v) is 8.23. The first-order chi connectivity index (χ1) is 11.3. The van der Waals surface area contributed by atoms with Gasteiger partial charge in [0.1, 0.15) is 12.7 Å². The van der Waals surface area contributed by atoms with Crippen molar-refractivity contribution in [3.63, 3.8) is 0 Å². The number of urea groups is 1. The maximum Gasteiger partial charge on any atom is 0.315 e. The van der Waals surface area contributed by atoms with Gasteiger partial charge in [-0.1, -0.05) is 43.2 Å². The SMILES string of the molecule is O=C(NCC1CCCC1)N[C@H](Cn1cncn1)c1ccccc1. The highest BCUT2D eigenvalue weighted by molar-refractivity contribution is 5.74. The molecule has 1 aliphatic carbocycles. The fourth-order valence-corrected chi connectivity index (χ4v) is 3.09. The Morgan fingerprint density at radius 1 is 1.26 bits per heavy atom. The van der Waals surface area contributed by atoms with E-state index in [0.717, 1.165) is 12.1 Å². The molecule has 6 nitrogen and oxygen atoms in total. The fourth-order valence-electron chi connectivity index (χ4n) is 3.09. The summed E-state index contributed by atoms with van der Waals surface area (Å²) in [6, 6.07) is 9.68. The van der Waals surface area contributed by atoms with Gasteiger partial charge in [-0.05, 0) is 24.3 Å². The van der Waals surface area contributed by atoms with Crippen molar-refractivity contribution in [3.8, 4) is 0 Å². The lowest BCUT2D eigenvalue weighted by molar-refractivity contribution is 0.233. The highest BCUT2D eigenvalue weighted by Gasteiger charge is 2.18. The summed E-state index contributed by atoms with van der Waals surface area (Å²) < 4.78 is 1.73. The van der Waals surface area contributed by atoms with Crippen LogP contribution in [0.3, 0.4) is 0 Å². The average molecular weight is 313 g/mol. The Bertz CT molecular complexity index is 593. The number of aromatic nitrogens is 3. The molecule has 1 aromatic carbocycles. The lowest BCUT2D eigenvalue weighted by Crippen LogP contribution is -2.41. The van der Waals surface area contributed by atoms with Crippen LogP contribution < -0.4 is 10.6 Å². The smallest absolute Gasteiger partial charge is 0.315 e. The normalized spacial score (nSPS) is 16.2. The van der Waals surface area contributed by atoms with Crippen molar-refractivity contribution in [3.05, 3.63) is 48.5 Å². The van der Waals surface area contributed by atoms with Crippen LogP contribution in [0.25, 0.3) is 0 Å². The van der Waals surface area contributed by atoms with Gasteiger partial charge < -0.3 is 10.6 Å². The van der Waals surface area contributed by atoms with Gasteiger partial charge in [0.15, 0.2) is 0 Å². The number of nitrogens with zero attached hydrogens (tertiary/aromatic N) is 3. The van der Waals surface area contributed by atoms with Gasteiger partial charge in [-0.25, -0.2) is 9.78 Å². The number of amides is 2. The van der Waals surface area contributed by atoms with Gasteiger partial charge in [-0.15, -0.1) is 0 Å². The zero-order valence-corrected chi connectivity index (χ0v) is 13.2. The number of rotatable bonds is 6. The number of nitrogens with one attached hydrogen (secondary N) is 2. The van der Waals surface area contributed by atoms with Crippen molar-refractivity contribution in [1.29, 1.82) is 0 Å². The van der Waals surface area contributed by atoms with Gasteiger partial charge in [0.25, 0.3) is 0 Å². The Kier molecular flexibility index (Phi) is 5.24. The van der Waals surface area contributed by atoms with Crippen LogP contribution in [0.1, 0.15) is 37.3 Å². The molecule has 1 atom stereocenters. The van der Waals surface area contributed by atoms with Gasteiger partial charge in [-0.3, -0.25) is 4.68 Å². The van der Waals surface area contributed by atoms with E-state index in [-0.39, 0.29) is 12.1 Å². The molecule has 2 N–H and O–H groups in total. The Labute approximate surface area is 136 Å². The zero-order chi connectivity index (χ0) is 15.9. The molecule has 0 aliphatic heterocycles. The minimum atomic E-state index is -0.138. The molecule has 0 radical (unpaired) electrons. The third kappa shape index (κ3) is 4.55. The Hall–Kier alpha value is -2.37. The summed E-state index contributed by atoms with van der Waals surface area (Å²) in [7, 11) is 0. The van der Waals surface area contributed by atoms with Crippen LogP contribution in [-0.2, 0) is 6.54 Å². The van der Waals surface area contributed by atoms with Crippen LogP contribution in [0.15, 0.2) is 43.0 Å². The first kappa shape index (κ1) is 15.5. The molecule has 1 aromatic heterocycles. The van der Waals surface area contributed by atoms with Crippen LogP contribution in [0.2, 0.25) is 0 Å². The van der Waals surface area contributed by atoms with E-state index in [1.54, 1.807) is 11.0 Å². The van der Waals surface area contributed by atoms with Gasteiger partial charge in [0, 0.05) is 6.54 Å². The van der Waals surface area contributed by atoms with Gasteiger partial charge >= 0.3 is 6.03 Å². The Balaban J connectivity index is 1.59. The lowest BCUT2D eigenvalue weighted by atomic mass is 10.1. The zero-order valence-electron chi connectivity index (χ0n) is 13.2. The highest BCUT2D eigenvalue weighted by atomic mass is 16.2. The van der Waals surface area contributed by atoms with E-state index in [2.05, 4.69) is 20.7 Å². The predicted octanol–water partition coefficient (Wildman–Crippen LogP) is 2.51. The van der Waals surface area contributed by atoms with Gasteiger partial charge in [0.05, 0.1) is 12.6 Å². The average Bonchev–Trinajstić information content (AvgIpc) is 3.27. The minimum Gasteiger partial charge on any atom is -0.338 e. The van der Waals surface area contributed by atoms with Gasteiger partial charge in [-0.2, -0.15) is 5.10 Å². The maximum atomic E-state index is 12.2. The molecule has 1 aliphatic rings. The molecule has 1 saturated carbocycles. The van der Waals surface area contributed by atoms with Crippen LogP contribution in [0.4, 0.5) is 4.79 Å². The Morgan fingerprint density at radius 2 is 2.04 bits per heavy atom. The van der Waals surface area contributed by atoms with E-state index in [1.807, 2.05) is 30.3 Å². The lowest BCUT2D eigenvalue weighted by Gasteiger charge is -2.20. The topological polar surface area (TPSA) is 71.8 Å². The summed E-state index contributed by atoms with van der Waals surface area (Å²) in [5, 5.41) is 10.2. The van der Waals surface area contributed by atoms with Gasteiger partial charge in [0.2, 0.25) is 0 Å². The summed E-state index contributed by atoms with van der Waals surface area (Å²) in [6.07, 6.45) is 8.18. The molecule has 0 saturated heterocycles. The molecule has 2 aromatic rings. The van der Waals surface area contributed by atoms with Crippen LogP contribution in [-0.4, -0.2) is 27.3 Å². The van der Waals surface area contributed by atoms with E-state index in [1.165, 1.54) is 32.0 Å².